The minimum absolute atomic E-state index is 0.107. The van der Waals surface area contributed by atoms with E-state index in [1.165, 1.54) is 231 Å². The summed E-state index contributed by atoms with van der Waals surface area (Å²) in [6.45, 7) is 14.3. The summed E-state index contributed by atoms with van der Waals surface area (Å²) in [5, 5.41) is 10.7. The van der Waals surface area contributed by atoms with E-state index in [0.29, 0.717) is 25.7 Å². The number of unbranched alkanes of at least 4 members (excludes halogenated alkanes) is 45. The maximum atomic E-state index is 13.1. The summed E-state index contributed by atoms with van der Waals surface area (Å²) < 4.78 is 68.8. The molecule has 0 saturated heterocycles. The topological polar surface area (TPSA) is 237 Å². The Morgan fingerprint density at radius 2 is 0.471 bits per heavy atom. The van der Waals surface area contributed by atoms with Crippen molar-refractivity contribution in [2.75, 3.05) is 39.6 Å². The van der Waals surface area contributed by atoms with Crippen molar-refractivity contribution in [3.05, 3.63) is 0 Å². The molecule has 0 rings (SSSR count). The standard InChI is InChI=1S/C83H162O17P2/c1-9-76(8)62-54-46-38-30-22-16-10-11-17-24-32-41-49-57-65-82(87)99-78(69-93-80(85)63-55-47-39-31-23-18-12-14-20-27-35-43-51-59-73(2)3)71-97-101(89,90)95-67-77(84)68-96-102(91,92)98-72-79(70-94-81(86)64-56-48-40-34-26-29-37-45-53-61-75(6)7)100-83(88)66-58-50-42-33-25-19-13-15-21-28-36-44-52-60-74(4)5/h73-79,84H,9-72H2,1-8H3,(H,89,90)(H,91,92)/t76?,77-,78-,79-/m1/s1. The Balaban J connectivity index is 5.27. The Labute approximate surface area is 626 Å². The summed E-state index contributed by atoms with van der Waals surface area (Å²) in [5.74, 6) is 1.06. The summed E-state index contributed by atoms with van der Waals surface area (Å²) in [4.78, 5) is 73.2. The van der Waals surface area contributed by atoms with Gasteiger partial charge in [0, 0.05) is 25.7 Å². The van der Waals surface area contributed by atoms with Crippen LogP contribution in [-0.4, -0.2) is 96.7 Å². The van der Waals surface area contributed by atoms with Crippen LogP contribution < -0.4 is 0 Å². The highest BCUT2D eigenvalue weighted by molar-refractivity contribution is 7.47. The molecular weight excluding hydrogens is 1330 g/mol. The predicted molar refractivity (Wildman–Crippen MR) is 418 cm³/mol. The van der Waals surface area contributed by atoms with Gasteiger partial charge in [-0.2, -0.15) is 0 Å². The zero-order valence-electron chi connectivity index (χ0n) is 67.2. The van der Waals surface area contributed by atoms with Gasteiger partial charge >= 0.3 is 39.5 Å². The zero-order valence-corrected chi connectivity index (χ0v) is 69.0. The Kier molecular flexibility index (Phi) is 70.6. The number of hydrogen-bond donors (Lipinski definition) is 3. The van der Waals surface area contributed by atoms with Gasteiger partial charge in [0.2, 0.25) is 0 Å². The van der Waals surface area contributed by atoms with Crippen LogP contribution in [0.3, 0.4) is 0 Å². The third-order valence-electron chi connectivity index (χ3n) is 19.7. The molecule has 0 saturated carbocycles. The number of carbonyl (C=O) groups is 4. The van der Waals surface area contributed by atoms with Crippen molar-refractivity contribution >= 4 is 39.5 Å². The predicted octanol–water partition coefficient (Wildman–Crippen LogP) is 24.8. The molecule has 0 aliphatic carbocycles. The lowest BCUT2D eigenvalue weighted by Crippen LogP contribution is -2.30. The number of ether oxygens (including phenoxy) is 4. The van der Waals surface area contributed by atoms with Crippen LogP contribution in [0.4, 0.5) is 0 Å². The number of carbonyl (C=O) groups excluding carboxylic acids is 4. The number of phosphoric ester groups is 2. The van der Waals surface area contributed by atoms with E-state index >= 15 is 0 Å². The molecule has 0 radical (unpaired) electrons. The first-order valence-electron chi connectivity index (χ1n) is 42.7. The fourth-order valence-corrected chi connectivity index (χ4v) is 14.3. The molecule has 0 aromatic carbocycles. The van der Waals surface area contributed by atoms with Crippen molar-refractivity contribution in [3.8, 4) is 0 Å². The lowest BCUT2D eigenvalue weighted by atomic mass is 9.99. The lowest BCUT2D eigenvalue weighted by molar-refractivity contribution is -0.161. The highest BCUT2D eigenvalue weighted by Crippen LogP contribution is 2.45. The number of esters is 4. The third kappa shape index (κ3) is 74.9. The highest BCUT2D eigenvalue weighted by atomic mass is 31.2. The Morgan fingerprint density at radius 1 is 0.275 bits per heavy atom. The van der Waals surface area contributed by atoms with Crippen molar-refractivity contribution in [1.82, 2.24) is 0 Å². The molecule has 19 heteroatoms. The smallest absolute Gasteiger partial charge is 0.462 e. The van der Waals surface area contributed by atoms with Crippen molar-refractivity contribution < 1.29 is 80.2 Å². The first kappa shape index (κ1) is 100. The highest BCUT2D eigenvalue weighted by Gasteiger charge is 2.30. The van der Waals surface area contributed by atoms with Crippen LogP contribution in [0, 0.1) is 23.7 Å². The van der Waals surface area contributed by atoms with Gasteiger partial charge in [-0.1, -0.05) is 376 Å². The maximum absolute atomic E-state index is 13.1. The Morgan fingerprint density at radius 3 is 0.696 bits per heavy atom. The minimum Gasteiger partial charge on any atom is -0.462 e. The summed E-state index contributed by atoms with van der Waals surface area (Å²) >= 11 is 0. The molecule has 0 fully saturated rings. The number of aliphatic hydroxyl groups excluding tert-OH is 1. The summed E-state index contributed by atoms with van der Waals surface area (Å²) in [6.07, 6.45) is 59.5. The van der Waals surface area contributed by atoms with E-state index < -0.39 is 97.5 Å². The molecule has 17 nitrogen and oxygen atoms in total. The molecule has 0 aliphatic rings. The normalized spacial score (nSPS) is 14.3. The van der Waals surface area contributed by atoms with Gasteiger partial charge in [-0.05, 0) is 49.4 Å². The largest absolute Gasteiger partial charge is 0.472 e. The average molecular weight is 1490 g/mol. The average Bonchev–Trinajstić information content (AvgIpc) is 0.916. The van der Waals surface area contributed by atoms with Crippen LogP contribution in [0.2, 0.25) is 0 Å². The molecule has 0 aliphatic heterocycles. The SMILES string of the molecule is CCC(C)CCCCCCCCCCCCCCCCC(=O)O[C@H](COC(=O)CCCCCCCCCCCCCCCC(C)C)COP(=O)(O)OC[C@@H](O)COP(=O)(O)OC[C@@H](COC(=O)CCCCCCCCCCCC(C)C)OC(=O)CCCCCCCCCCCCCCCC(C)C. The molecule has 0 heterocycles. The van der Waals surface area contributed by atoms with Gasteiger partial charge in [0.05, 0.1) is 26.4 Å². The molecule has 102 heavy (non-hydrogen) atoms. The van der Waals surface area contributed by atoms with Crippen LogP contribution in [0.15, 0.2) is 0 Å². The molecule has 3 unspecified atom stereocenters. The Bertz CT molecular complexity index is 1990. The van der Waals surface area contributed by atoms with E-state index in [1.54, 1.807) is 0 Å². The number of rotatable bonds is 80. The molecule has 3 N–H and O–H groups in total. The van der Waals surface area contributed by atoms with E-state index in [4.69, 9.17) is 37.0 Å². The van der Waals surface area contributed by atoms with Crippen LogP contribution in [0.25, 0.3) is 0 Å². The van der Waals surface area contributed by atoms with Crippen molar-refractivity contribution in [2.24, 2.45) is 23.7 Å². The van der Waals surface area contributed by atoms with Crippen molar-refractivity contribution in [3.63, 3.8) is 0 Å². The van der Waals surface area contributed by atoms with Crippen LogP contribution in [0.5, 0.6) is 0 Å². The van der Waals surface area contributed by atoms with Gasteiger partial charge < -0.3 is 33.8 Å². The van der Waals surface area contributed by atoms with Crippen LogP contribution in [0.1, 0.15) is 428 Å². The zero-order chi connectivity index (χ0) is 75.3. The van der Waals surface area contributed by atoms with Gasteiger partial charge in [-0.25, -0.2) is 9.13 Å². The summed E-state index contributed by atoms with van der Waals surface area (Å²) in [5.41, 5.74) is 0. The second kappa shape index (κ2) is 72.0. The fraction of sp³-hybridized carbons (Fsp3) is 0.952. The van der Waals surface area contributed by atoms with Gasteiger partial charge in [0.15, 0.2) is 12.2 Å². The van der Waals surface area contributed by atoms with Gasteiger partial charge in [-0.15, -0.1) is 0 Å². The van der Waals surface area contributed by atoms with Gasteiger partial charge in [-0.3, -0.25) is 37.3 Å². The first-order chi connectivity index (χ1) is 49.1. The van der Waals surface area contributed by atoms with E-state index in [-0.39, 0.29) is 25.7 Å². The summed E-state index contributed by atoms with van der Waals surface area (Å²) in [7, 11) is -9.93. The molecule has 606 valence electrons. The molecule has 0 bridgehead atoms. The van der Waals surface area contributed by atoms with Crippen molar-refractivity contribution in [2.45, 2.75) is 446 Å². The first-order valence-corrected chi connectivity index (χ1v) is 45.7. The monoisotopic (exact) mass is 1490 g/mol. The van der Waals surface area contributed by atoms with E-state index in [1.807, 2.05) is 0 Å². The van der Waals surface area contributed by atoms with Crippen molar-refractivity contribution in [1.29, 1.82) is 0 Å². The van der Waals surface area contributed by atoms with E-state index in [9.17, 15) is 43.2 Å². The number of phosphoric acid groups is 2. The van der Waals surface area contributed by atoms with E-state index in [2.05, 4.69) is 55.4 Å². The minimum atomic E-state index is -4.96. The fourth-order valence-electron chi connectivity index (χ4n) is 12.8. The molecule has 0 amide bonds. The third-order valence-corrected chi connectivity index (χ3v) is 21.6. The molecule has 0 aromatic rings. The van der Waals surface area contributed by atoms with Gasteiger partial charge in [0.25, 0.3) is 0 Å². The lowest BCUT2D eigenvalue weighted by Gasteiger charge is -2.21. The van der Waals surface area contributed by atoms with Gasteiger partial charge in [0.1, 0.15) is 19.3 Å². The second-order valence-corrected chi connectivity index (χ2v) is 34.4. The molecule has 0 spiro atoms. The number of aliphatic hydroxyl groups is 1. The number of hydrogen-bond acceptors (Lipinski definition) is 15. The van der Waals surface area contributed by atoms with Crippen LogP contribution >= 0.6 is 15.6 Å². The molecular formula is C83H162O17P2. The second-order valence-electron chi connectivity index (χ2n) is 31.5. The van der Waals surface area contributed by atoms with E-state index in [0.717, 1.165) is 114 Å². The quantitative estimate of drug-likeness (QED) is 0.0222. The maximum Gasteiger partial charge on any atom is 0.472 e. The molecule has 0 aromatic heterocycles. The van der Waals surface area contributed by atoms with Crippen LogP contribution in [-0.2, 0) is 65.4 Å². The molecule has 6 atom stereocenters. The Hall–Kier alpha value is -1.94. The summed E-state index contributed by atoms with van der Waals surface area (Å²) in [6, 6.07) is 0.